The van der Waals surface area contributed by atoms with Gasteiger partial charge in [-0.3, -0.25) is 4.79 Å². The molecule has 0 N–H and O–H groups in total. The van der Waals surface area contributed by atoms with Crippen molar-refractivity contribution in [1.82, 2.24) is 15.0 Å². The maximum atomic E-state index is 11.0. The molecule has 1 aromatic rings. The van der Waals surface area contributed by atoms with E-state index in [4.69, 9.17) is 4.74 Å². The summed E-state index contributed by atoms with van der Waals surface area (Å²) in [5.74, 6) is 0.652. The molecule has 2 atom stereocenters. The predicted molar refractivity (Wildman–Crippen MR) is 62.9 cm³/mol. The monoisotopic (exact) mass is 237 g/mol. The third kappa shape index (κ3) is 2.11. The normalized spacial score (nSPS) is 19.7. The highest BCUT2D eigenvalue weighted by Gasteiger charge is 2.29. The van der Waals surface area contributed by atoms with E-state index < -0.39 is 0 Å². The Morgan fingerprint density at radius 2 is 2.18 bits per heavy atom. The fourth-order valence-electron chi connectivity index (χ4n) is 2.33. The summed E-state index contributed by atoms with van der Waals surface area (Å²) in [6.45, 7) is 4.05. The number of carbonyl (C=O) groups excluding carboxylic acids is 1. The number of hydrogen-bond acceptors (Lipinski definition) is 4. The molecule has 0 amide bonds. The van der Waals surface area contributed by atoms with Gasteiger partial charge in [0.15, 0.2) is 12.0 Å². The van der Waals surface area contributed by atoms with Crippen LogP contribution in [0.4, 0.5) is 0 Å². The molecule has 0 aliphatic heterocycles. The maximum Gasteiger partial charge on any atom is 0.172 e. The molecule has 0 radical (unpaired) electrons. The summed E-state index contributed by atoms with van der Waals surface area (Å²) in [4.78, 5) is 11.0. The third-order valence-electron chi connectivity index (χ3n) is 3.83. The lowest BCUT2D eigenvalue weighted by Crippen LogP contribution is -2.26. The molecule has 1 fully saturated rings. The number of carbonyl (C=O) groups is 1. The van der Waals surface area contributed by atoms with Crippen molar-refractivity contribution in [1.29, 1.82) is 0 Å². The van der Waals surface area contributed by atoms with E-state index >= 15 is 0 Å². The molecule has 1 aliphatic rings. The lowest BCUT2D eigenvalue weighted by atomic mass is 9.80. The van der Waals surface area contributed by atoms with Crippen molar-refractivity contribution in [2.45, 2.75) is 45.3 Å². The minimum atomic E-state index is -0.160. The first-order valence-electron chi connectivity index (χ1n) is 6.12. The topological polar surface area (TPSA) is 57.0 Å². The second kappa shape index (κ2) is 4.96. The van der Waals surface area contributed by atoms with Crippen molar-refractivity contribution in [2.75, 3.05) is 7.11 Å². The van der Waals surface area contributed by atoms with Gasteiger partial charge < -0.3 is 4.74 Å². The van der Waals surface area contributed by atoms with Gasteiger partial charge in [0.2, 0.25) is 0 Å². The van der Waals surface area contributed by atoms with Crippen LogP contribution in [0.25, 0.3) is 0 Å². The second-order valence-electron chi connectivity index (χ2n) is 4.73. The molecule has 0 bridgehead atoms. The molecule has 0 saturated heterocycles. The smallest absolute Gasteiger partial charge is 0.172 e. The number of methoxy groups -OCH3 is 1. The predicted octanol–water partition coefficient (Wildman–Crippen LogP) is 2.16. The fourth-order valence-corrected chi connectivity index (χ4v) is 2.33. The molecular weight excluding hydrogens is 218 g/mol. The fraction of sp³-hybridized carbons (Fsp3) is 0.750. The van der Waals surface area contributed by atoms with E-state index in [-0.39, 0.29) is 12.1 Å². The van der Waals surface area contributed by atoms with Crippen molar-refractivity contribution in [3.05, 3.63) is 11.4 Å². The Balaban J connectivity index is 2.31. The highest BCUT2D eigenvalue weighted by molar-refractivity contribution is 5.73. The first-order chi connectivity index (χ1) is 8.19. The minimum absolute atomic E-state index is 0.160. The number of aldehydes is 1. The van der Waals surface area contributed by atoms with E-state index in [2.05, 4.69) is 17.2 Å². The maximum absolute atomic E-state index is 11.0. The summed E-state index contributed by atoms with van der Waals surface area (Å²) in [7, 11) is 1.63. The van der Waals surface area contributed by atoms with Crippen LogP contribution in [0.1, 0.15) is 61.4 Å². The molecule has 1 aromatic heterocycles. The van der Waals surface area contributed by atoms with Gasteiger partial charge in [0.1, 0.15) is 0 Å². The Hall–Kier alpha value is -1.23. The van der Waals surface area contributed by atoms with Crippen LogP contribution in [0.5, 0.6) is 0 Å². The molecule has 0 aromatic carbocycles. The Kier molecular flexibility index (Phi) is 3.57. The van der Waals surface area contributed by atoms with Gasteiger partial charge in [0.25, 0.3) is 0 Å². The zero-order valence-corrected chi connectivity index (χ0v) is 10.6. The summed E-state index contributed by atoms with van der Waals surface area (Å²) in [6.07, 6.45) is 4.35. The van der Waals surface area contributed by atoms with Crippen LogP contribution in [0, 0.1) is 5.92 Å². The number of ether oxygens (including phenoxy) is 1. The Labute approximate surface area is 101 Å². The molecule has 1 aliphatic carbocycles. The first kappa shape index (κ1) is 12.2. The standard InChI is InChI=1S/C12H19N3O2/c1-8(10-5-4-6-10)15-12(9(2)17-3)11(7-16)13-14-15/h7-10H,4-6H2,1-3H3. The van der Waals surface area contributed by atoms with Crippen molar-refractivity contribution in [3.8, 4) is 0 Å². The van der Waals surface area contributed by atoms with Gasteiger partial charge in [0.05, 0.1) is 17.8 Å². The lowest BCUT2D eigenvalue weighted by Gasteiger charge is -2.32. The Bertz CT molecular complexity index is 398. The molecule has 5 nitrogen and oxygen atoms in total. The summed E-state index contributed by atoms with van der Waals surface area (Å²) in [6, 6.07) is 0.289. The van der Waals surface area contributed by atoms with Gasteiger partial charge >= 0.3 is 0 Å². The van der Waals surface area contributed by atoms with Crippen molar-refractivity contribution in [3.63, 3.8) is 0 Å². The van der Waals surface area contributed by atoms with Crippen molar-refractivity contribution in [2.24, 2.45) is 5.92 Å². The van der Waals surface area contributed by atoms with Gasteiger partial charge in [-0.25, -0.2) is 4.68 Å². The van der Waals surface area contributed by atoms with Gasteiger partial charge in [-0.2, -0.15) is 0 Å². The summed E-state index contributed by atoms with van der Waals surface area (Å²) in [5.41, 5.74) is 1.19. The van der Waals surface area contributed by atoms with Crippen LogP contribution in [-0.2, 0) is 4.74 Å². The number of hydrogen-bond donors (Lipinski definition) is 0. The SMILES string of the molecule is COC(C)c1c(C=O)nnn1C(C)C1CCC1. The van der Waals surface area contributed by atoms with E-state index in [0.29, 0.717) is 11.6 Å². The lowest BCUT2D eigenvalue weighted by molar-refractivity contribution is 0.0998. The molecule has 1 heterocycles. The molecule has 2 rings (SSSR count). The number of rotatable bonds is 5. The summed E-state index contributed by atoms with van der Waals surface area (Å²) >= 11 is 0. The summed E-state index contributed by atoms with van der Waals surface area (Å²) in [5, 5.41) is 8.04. The van der Waals surface area contributed by atoms with Crippen LogP contribution in [0.15, 0.2) is 0 Å². The van der Waals surface area contributed by atoms with Crippen LogP contribution in [-0.4, -0.2) is 28.4 Å². The van der Waals surface area contributed by atoms with E-state index in [9.17, 15) is 4.79 Å². The van der Waals surface area contributed by atoms with Crippen LogP contribution < -0.4 is 0 Å². The molecule has 17 heavy (non-hydrogen) atoms. The third-order valence-corrected chi connectivity index (χ3v) is 3.83. The van der Waals surface area contributed by atoms with E-state index in [1.54, 1.807) is 7.11 Å². The van der Waals surface area contributed by atoms with Crippen LogP contribution in [0.3, 0.4) is 0 Å². The number of nitrogens with zero attached hydrogens (tertiary/aromatic N) is 3. The molecule has 5 heteroatoms. The zero-order valence-electron chi connectivity index (χ0n) is 10.6. The Morgan fingerprint density at radius 1 is 1.47 bits per heavy atom. The van der Waals surface area contributed by atoms with E-state index in [0.717, 1.165) is 12.0 Å². The largest absolute Gasteiger partial charge is 0.375 e. The highest BCUT2D eigenvalue weighted by atomic mass is 16.5. The minimum Gasteiger partial charge on any atom is -0.375 e. The molecular formula is C12H19N3O2. The Morgan fingerprint density at radius 3 is 2.65 bits per heavy atom. The molecule has 94 valence electrons. The highest BCUT2D eigenvalue weighted by Crippen LogP contribution is 2.37. The molecule has 1 saturated carbocycles. The average Bonchev–Trinajstić information content (AvgIpc) is 2.69. The summed E-state index contributed by atoms with van der Waals surface area (Å²) < 4.78 is 7.16. The quantitative estimate of drug-likeness (QED) is 0.736. The first-order valence-corrected chi connectivity index (χ1v) is 6.12. The zero-order chi connectivity index (χ0) is 12.4. The average molecular weight is 237 g/mol. The molecule has 0 spiro atoms. The van der Waals surface area contributed by atoms with Gasteiger partial charge in [-0.15, -0.1) is 5.10 Å². The van der Waals surface area contributed by atoms with Crippen LogP contribution in [0.2, 0.25) is 0 Å². The molecule has 2 unspecified atom stereocenters. The number of aromatic nitrogens is 3. The van der Waals surface area contributed by atoms with Gasteiger partial charge in [0, 0.05) is 7.11 Å². The van der Waals surface area contributed by atoms with Crippen molar-refractivity contribution >= 4 is 6.29 Å². The van der Waals surface area contributed by atoms with Crippen LogP contribution >= 0.6 is 0 Å². The van der Waals surface area contributed by atoms with Gasteiger partial charge in [-0.05, 0) is 32.6 Å². The van der Waals surface area contributed by atoms with E-state index in [1.807, 2.05) is 11.6 Å². The van der Waals surface area contributed by atoms with Gasteiger partial charge in [-0.1, -0.05) is 11.6 Å². The van der Waals surface area contributed by atoms with E-state index in [1.165, 1.54) is 19.3 Å². The van der Waals surface area contributed by atoms with Crippen molar-refractivity contribution < 1.29 is 9.53 Å². The second-order valence-corrected chi connectivity index (χ2v) is 4.73.